The molecule has 0 spiro atoms. The Bertz CT molecular complexity index is 1160. The maximum absolute atomic E-state index is 13.2. The third-order valence-electron chi connectivity index (χ3n) is 5.99. The molecule has 3 rings (SSSR count). The molecule has 2 aromatic carbocycles. The average molecular weight is 505 g/mol. The van der Waals surface area contributed by atoms with Crippen LogP contribution in [0.25, 0.3) is 0 Å². The van der Waals surface area contributed by atoms with Gasteiger partial charge in [0.1, 0.15) is 5.78 Å². The van der Waals surface area contributed by atoms with Crippen molar-refractivity contribution in [3.63, 3.8) is 0 Å². The molecule has 0 aliphatic carbocycles. The van der Waals surface area contributed by atoms with Crippen molar-refractivity contribution >= 4 is 23.3 Å². The lowest BCUT2D eigenvalue weighted by Crippen LogP contribution is -2.34. The van der Waals surface area contributed by atoms with E-state index >= 15 is 0 Å². The highest BCUT2D eigenvalue weighted by Gasteiger charge is 2.22. The number of nitrogens with one attached hydrogen (secondary N) is 1. The van der Waals surface area contributed by atoms with Crippen molar-refractivity contribution in [2.24, 2.45) is 5.41 Å². The number of amides is 2. The second-order valence-electron chi connectivity index (χ2n) is 9.90. The van der Waals surface area contributed by atoms with Gasteiger partial charge in [-0.25, -0.2) is 0 Å². The Labute approximate surface area is 219 Å². The van der Waals surface area contributed by atoms with Gasteiger partial charge in [0, 0.05) is 42.3 Å². The highest BCUT2D eigenvalue weighted by molar-refractivity contribution is 5.96. The molecule has 196 valence electrons. The lowest BCUT2D eigenvalue weighted by atomic mass is 9.89. The van der Waals surface area contributed by atoms with Gasteiger partial charge in [-0.05, 0) is 23.8 Å². The first-order valence-corrected chi connectivity index (χ1v) is 12.7. The van der Waals surface area contributed by atoms with Gasteiger partial charge in [0.25, 0.3) is 0 Å². The molecule has 1 heterocycles. The van der Waals surface area contributed by atoms with Crippen molar-refractivity contribution in [2.75, 3.05) is 37.9 Å². The molecule has 1 N–H and O–H groups in total. The zero-order chi connectivity index (χ0) is 26.7. The Morgan fingerprint density at radius 2 is 1.49 bits per heavy atom. The van der Waals surface area contributed by atoms with Crippen LogP contribution in [0.2, 0.25) is 0 Å². The van der Waals surface area contributed by atoms with Crippen LogP contribution >= 0.6 is 0 Å². The quantitative estimate of drug-likeness (QED) is 0.350. The summed E-state index contributed by atoms with van der Waals surface area (Å²) in [4.78, 5) is 39.0. The summed E-state index contributed by atoms with van der Waals surface area (Å²) in [6.45, 7) is 7.95. The maximum Gasteiger partial charge on any atom is 0.227 e. The van der Waals surface area contributed by atoms with Crippen LogP contribution in [-0.2, 0) is 30.4 Å². The summed E-state index contributed by atoms with van der Waals surface area (Å²) in [7, 11) is 0. The molecule has 0 atom stereocenters. The average Bonchev–Trinajstić information content (AvgIpc) is 2.87. The van der Waals surface area contributed by atoms with Crippen LogP contribution in [0, 0.1) is 17.3 Å². The molecule has 0 aromatic heterocycles. The van der Waals surface area contributed by atoms with E-state index in [1.165, 1.54) is 0 Å². The number of rotatable bonds is 12. The summed E-state index contributed by atoms with van der Waals surface area (Å²) in [6.07, 6.45) is 0.578. The van der Waals surface area contributed by atoms with Crippen LogP contribution in [0.5, 0.6) is 0 Å². The Hall–Kier alpha value is -3.47. The van der Waals surface area contributed by atoms with Crippen molar-refractivity contribution in [3.8, 4) is 11.8 Å². The Kier molecular flexibility index (Phi) is 10.4. The number of carbonyl (C=O) groups is 3. The zero-order valence-electron chi connectivity index (χ0n) is 22.0. The van der Waals surface area contributed by atoms with E-state index in [9.17, 15) is 14.4 Å². The zero-order valence-corrected chi connectivity index (χ0v) is 22.0. The first-order valence-electron chi connectivity index (χ1n) is 12.7. The Morgan fingerprint density at radius 3 is 2.24 bits per heavy atom. The number of ether oxygens (including phenoxy) is 2. The minimum Gasteiger partial charge on any atom is -0.379 e. The van der Waals surface area contributed by atoms with Gasteiger partial charge in [0.2, 0.25) is 11.8 Å². The minimum atomic E-state index is -0.347. The lowest BCUT2D eigenvalue weighted by Gasteiger charge is -2.26. The van der Waals surface area contributed by atoms with E-state index < -0.39 is 0 Å². The largest absolute Gasteiger partial charge is 0.379 e. The number of hydrogen-bond acceptors (Lipinski definition) is 5. The second kappa shape index (κ2) is 13.7. The van der Waals surface area contributed by atoms with Crippen LogP contribution in [0.1, 0.15) is 56.7 Å². The van der Waals surface area contributed by atoms with Gasteiger partial charge < -0.3 is 19.7 Å². The Morgan fingerprint density at radius 1 is 0.838 bits per heavy atom. The van der Waals surface area contributed by atoms with Crippen molar-refractivity contribution < 1.29 is 23.9 Å². The van der Waals surface area contributed by atoms with Gasteiger partial charge in [-0.15, -0.1) is 0 Å². The van der Waals surface area contributed by atoms with E-state index in [2.05, 4.69) is 17.2 Å². The molecule has 2 amide bonds. The highest BCUT2D eigenvalue weighted by atomic mass is 16.5. The molecule has 0 fully saturated rings. The maximum atomic E-state index is 13.2. The fourth-order valence-corrected chi connectivity index (χ4v) is 3.78. The fourth-order valence-electron chi connectivity index (χ4n) is 3.78. The summed E-state index contributed by atoms with van der Waals surface area (Å²) in [5, 5.41) is 2.79. The molecule has 37 heavy (non-hydrogen) atoms. The van der Waals surface area contributed by atoms with E-state index in [1.807, 2.05) is 69.3 Å². The molecule has 2 aromatic rings. The van der Waals surface area contributed by atoms with Crippen LogP contribution < -0.4 is 10.2 Å². The summed E-state index contributed by atoms with van der Waals surface area (Å²) in [6, 6.07) is 15.4. The third-order valence-corrected chi connectivity index (χ3v) is 5.99. The predicted molar refractivity (Wildman–Crippen MR) is 143 cm³/mol. The fraction of sp³-hybridized carbons (Fsp3) is 0.433. The molecule has 1 aliphatic heterocycles. The number of para-hydroxylation sites is 1. The first-order chi connectivity index (χ1) is 17.8. The molecular weight excluding hydrogens is 468 g/mol. The summed E-state index contributed by atoms with van der Waals surface area (Å²) < 4.78 is 10.9. The number of fused-ring (bicyclic) bond motifs is 2. The van der Waals surface area contributed by atoms with Gasteiger partial charge in [-0.3, -0.25) is 14.4 Å². The van der Waals surface area contributed by atoms with Gasteiger partial charge in [0.15, 0.2) is 0 Å². The summed E-state index contributed by atoms with van der Waals surface area (Å²) in [5.74, 6) is 6.22. The number of ketones is 1. The molecule has 0 radical (unpaired) electrons. The standard InChI is InChI=1S/C30H36N2O5/c1-30(2,3)27(33)16-18-36-20-21-37-19-17-31-28(34)14-15-29(35)32-22-25-10-5-4-8-23(25)12-13-24-9-6-7-11-26(24)32/h4-11H,14-22H2,1-3H3,(H,31,34). The number of anilines is 1. The smallest absolute Gasteiger partial charge is 0.227 e. The normalized spacial score (nSPS) is 12.4. The number of benzene rings is 2. The Balaban J connectivity index is 1.37. The molecule has 0 saturated heterocycles. The van der Waals surface area contributed by atoms with Gasteiger partial charge in [-0.2, -0.15) is 0 Å². The van der Waals surface area contributed by atoms with Crippen molar-refractivity contribution in [2.45, 2.75) is 46.6 Å². The van der Waals surface area contributed by atoms with Crippen LogP contribution in [0.3, 0.4) is 0 Å². The van der Waals surface area contributed by atoms with E-state index in [1.54, 1.807) is 4.90 Å². The topological polar surface area (TPSA) is 84.9 Å². The molecule has 0 saturated carbocycles. The number of hydrogen-bond donors (Lipinski definition) is 1. The van der Waals surface area contributed by atoms with E-state index in [4.69, 9.17) is 9.47 Å². The number of Topliss-reactive ketones (excluding diaryl/α,β-unsaturated/α-hetero) is 1. The van der Waals surface area contributed by atoms with E-state index in [-0.39, 0.29) is 35.9 Å². The molecule has 0 bridgehead atoms. The van der Waals surface area contributed by atoms with Crippen molar-refractivity contribution in [1.29, 1.82) is 0 Å². The van der Waals surface area contributed by atoms with Gasteiger partial charge in [0.05, 0.1) is 38.7 Å². The van der Waals surface area contributed by atoms with Crippen LogP contribution in [0.4, 0.5) is 5.69 Å². The SMILES string of the molecule is CC(C)(C)C(=O)CCOCCOCCNC(=O)CCC(=O)N1Cc2ccccc2C#Cc2ccccc21. The second-order valence-corrected chi connectivity index (χ2v) is 9.90. The third kappa shape index (κ3) is 8.85. The summed E-state index contributed by atoms with van der Waals surface area (Å²) >= 11 is 0. The monoisotopic (exact) mass is 504 g/mol. The van der Waals surface area contributed by atoms with Crippen molar-refractivity contribution in [3.05, 3.63) is 65.2 Å². The highest BCUT2D eigenvalue weighted by Crippen LogP contribution is 2.26. The molecule has 7 nitrogen and oxygen atoms in total. The minimum absolute atomic E-state index is 0.0930. The first kappa shape index (κ1) is 28.1. The molecule has 0 unspecified atom stereocenters. The van der Waals surface area contributed by atoms with Crippen LogP contribution in [-0.4, -0.2) is 50.6 Å². The van der Waals surface area contributed by atoms with E-state index in [0.29, 0.717) is 45.9 Å². The molecular formula is C30H36N2O5. The number of carbonyl (C=O) groups excluding carboxylic acids is 3. The van der Waals surface area contributed by atoms with Gasteiger partial charge in [-0.1, -0.05) is 62.9 Å². The molecule has 1 aliphatic rings. The van der Waals surface area contributed by atoms with Gasteiger partial charge >= 0.3 is 0 Å². The van der Waals surface area contributed by atoms with Crippen molar-refractivity contribution in [1.82, 2.24) is 5.32 Å². The van der Waals surface area contributed by atoms with Crippen LogP contribution in [0.15, 0.2) is 48.5 Å². The lowest BCUT2D eigenvalue weighted by molar-refractivity contribution is -0.127. The number of nitrogens with zero attached hydrogens (tertiary/aromatic N) is 1. The van der Waals surface area contributed by atoms with E-state index in [0.717, 1.165) is 22.4 Å². The molecule has 7 heteroatoms. The predicted octanol–water partition coefficient (Wildman–Crippen LogP) is 3.87. The summed E-state index contributed by atoms with van der Waals surface area (Å²) in [5.41, 5.74) is 3.07.